The van der Waals surface area contributed by atoms with E-state index in [2.05, 4.69) is 21.4 Å². The number of rotatable bonds is 5. The highest BCUT2D eigenvalue weighted by molar-refractivity contribution is 7.14. The second kappa shape index (κ2) is 8.12. The topological polar surface area (TPSA) is 55.6 Å². The molecule has 32 heavy (non-hydrogen) atoms. The number of halogens is 2. The Kier molecular flexibility index (Phi) is 5.14. The summed E-state index contributed by atoms with van der Waals surface area (Å²) in [5.74, 6) is 0.728. The average Bonchev–Trinajstić information content (AvgIpc) is 3.40. The van der Waals surface area contributed by atoms with Gasteiger partial charge in [0.15, 0.2) is 5.13 Å². The Hall–Kier alpha value is -3.65. The number of fused-ring (bicyclic) bond motifs is 1. The van der Waals surface area contributed by atoms with Gasteiger partial charge in [-0.15, -0.1) is 11.3 Å². The number of nitrogens with zero attached hydrogens (tertiary/aromatic N) is 4. The van der Waals surface area contributed by atoms with Crippen LogP contribution < -0.4 is 5.32 Å². The van der Waals surface area contributed by atoms with Crippen LogP contribution in [0.5, 0.6) is 0 Å². The van der Waals surface area contributed by atoms with E-state index in [0.717, 1.165) is 50.1 Å². The number of hydrogen-bond donors (Lipinski definition) is 1. The van der Waals surface area contributed by atoms with E-state index in [9.17, 15) is 8.78 Å². The van der Waals surface area contributed by atoms with Crippen molar-refractivity contribution in [3.05, 3.63) is 77.4 Å². The zero-order chi connectivity index (χ0) is 22.2. The van der Waals surface area contributed by atoms with Gasteiger partial charge in [0.1, 0.15) is 5.82 Å². The fraction of sp³-hybridized carbons (Fsp3) is 0.125. The van der Waals surface area contributed by atoms with Crippen molar-refractivity contribution in [3.63, 3.8) is 0 Å². The van der Waals surface area contributed by atoms with Gasteiger partial charge in [-0.1, -0.05) is 24.3 Å². The van der Waals surface area contributed by atoms with E-state index in [1.54, 1.807) is 24.5 Å². The van der Waals surface area contributed by atoms with Crippen LogP contribution >= 0.6 is 11.3 Å². The van der Waals surface area contributed by atoms with Crippen molar-refractivity contribution in [2.75, 3.05) is 5.32 Å². The molecule has 5 nitrogen and oxygen atoms in total. The van der Waals surface area contributed by atoms with Gasteiger partial charge in [0.05, 0.1) is 16.7 Å². The third-order valence-electron chi connectivity index (χ3n) is 5.37. The molecular weight excluding hydrogens is 428 g/mol. The summed E-state index contributed by atoms with van der Waals surface area (Å²) in [6, 6.07) is 14.2. The minimum Gasteiger partial charge on any atom is -0.331 e. The van der Waals surface area contributed by atoms with Crippen LogP contribution in [0.3, 0.4) is 0 Å². The molecule has 0 atom stereocenters. The van der Waals surface area contributed by atoms with Gasteiger partial charge in [0.25, 0.3) is 6.43 Å². The summed E-state index contributed by atoms with van der Waals surface area (Å²) in [5, 5.41) is 6.20. The summed E-state index contributed by atoms with van der Waals surface area (Å²) in [6.07, 6.45) is 1.02. The highest BCUT2D eigenvalue weighted by Crippen LogP contribution is 2.32. The van der Waals surface area contributed by atoms with Gasteiger partial charge in [-0.05, 0) is 36.8 Å². The van der Waals surface area contributed by atoms with Crippen molar-refractivity contribution < 1.29 is 8.78 Å². The van der Waals surface area contributed by atoms with E-state index >= 15 is 0 Å². The van der Waals surface area contributed by atoms with Crippen molar-refractivity contribution in [1.82, 2.24) is 19.5 Å². The molecule has 2 aromatic carbocycles. The number of alkyl halides is 2. The zero-order valence-electron chi connectivity index (χ0n) is 17.4. The summed E-state index contributed by atoms with van der Waals surface area (Å²) in [5.41, 5.74) is 6.48. The Labute approximate surface area is 187 Å². The Bertz CT molecular complexity index is 1390. The minimum atomic E-state index is -2.48. The molecule has 3 aromatic heterocycles. The fourth-order valence-corrected chi connectivity index (χ4v) is 4.35. The summed E-state index contributed by atoms with van der Waals surface area (Å²) in [6.45, 7) is 2.03. The van der Waals surface area contributed by atoms with E-state index in [-0.39, 0.29) is 5.56 Å². The lowest BCUT2D eigenvalue weighted by atomic mass is 10.1. The molecule has 1 N–H and O–H groups in total. The first kappa shape index (κ1) is 20.3. The van der Waals surface area contributed by atoms with Crippen LogP contribution in [0, 0.1) is 6.92 Å². The van der Waals surface area contributed by atoms with E-state index in [4.69, 9.17) is 4.98 Å². The second-order valence-electron chi connectivity index (χ2n) is 7.47. The summed E-state index contributed by atoms with van der Waals surface area (Å²) >= 11 is 1.53. The molecule has 5 aromatic rings. The predicted octanol–water partition coefficient (Wildman–Crippen LogP) is 6.75. The van der Waals surface area contributed by atoms with Gasteiger partial charge < -0.3 is 9.88 Å². The molecule has 5 rings (SSSR count). The van der Waals surface area contributed by atoms with E-state index in [0.29, 0.717) is 0 Å². The molecule has 3 heterocycles. The van der Waals surface area contributed by atoms with Crippen molar-refractivity contribution >= 4 is 33.2 Å². The monoisotopic (exact) mass is 447 g/mol. The van der Waals surface area contributed by atoms with E-state index in [1.165, 1.54) is 23.5 Å². The first-order valence-corrected chi connectivity index (χ1v) is 10.9. The molecule has 0 amide bonds. The van der Waals surface area contributed by atoms with Crippen LogP contribution in [-0.2, 0) is 7.05 Å². The van der Waals surface area contributed by atoms with Crippen LogP contribution in [0.2, 0.25) is 0 Å². The molecule has 0 spiro atoms. The Morgan fingerprint density at radius 1 is 0.969 bits per heavy atom. The molecule has 0 aliphatic carbocycles. The maximum atomic E-state index is 12.9. The lowest BCUT2D eigenvalue weighted by molar-refractivity contribution is 0.151. The lowest BCUT2D eigenvalue weighted by Gasteiger charge is -2.08. The number of aromatic nitrogens is 4. The molecule has 8 heteroatoms. The maximum Gasteiger partial charge on any atom is 0.263 e. The predicted molar refractivity (Wildman–Crippen MR) is 124 cm³/mol. The number of pyridine rings is 1. The second-order valence-corrected chi connectivity index (χ2v) is 8.33. The van der Waals surface area contributed by atoms with Gasteiger partial charge >= 0.3 is 0 Å². The number of hydrogen-bond acceptors (Lipinski definition) is 5. The number of imidazole rings is 1. The number of thiazole rings is 1. The van der Waals surface area contributed by atoms with Crippen LogP contribution in [0.4, 0.5) is 19.6 Å². The lowest BCUT2D eigenvalue weighted by Crippen LogP contribution is -1.95. The molecular formula is C24H19F2N5S. The van der Waals surface area contributed by atoms with Gasteiger partial charge in [0, 0.05) is 47.2 Å². The molecule has 160 valence electrons. The van der Waals surface area contributed by atoms with Crippen molar-refractivity contribution in [2.24, 2.45) is 7.05 Å². The van der Waals surface area contributed by atoms with Crippen molar-refractivity contribution in [3.8, 4) is 22.6 Å². The summed E-state index contributed by atoms with van der Waals surface area (Å²) in [4.78, 5) is 13.5. The third-order valence-corrected chi connectivity index (χ3v) is 6.13. The summed E-state index contributed by atoms with van der Waals surface area (Å²) < 4.78 is 27.7. The first-order chi connectivity index (χ1) is 15.5. The number of benzene rings is 2. The summed E-state index contributed by atoms with van der Waals surface area (Å²) in [7, 11) is 1.93. The Balaban J connectivity index is 1.47. The number of nitrogens with one attached hydrogen (secondary N) is 1. The molecule has 0 saturated carbocycles. The Morgan fingerprint density at radius 3 is 2.44 bits per heavy atom. The average molecular weight is 448 g/mol. The molecule has 0 saturated heterocycles. The van der Waals surface area contributed by atoms with Gasteiger partial charge in [0.2, 0.25) is 0 Å². The van der Waals surface area contributed by atoms with E-state index < -0.39 is 6.43 Å². The highest BCUT2D eigenvalue weighted by Gasteiger charge is 2.14. The fourth-order valence-electron chi connectivity index (χ4n) is 3.61. The molecule has 0 fully saturated rings. The van der Waals surface area contributed by atoms with Crippen LogP contribution in [0.15, 0.2) is 66.3 Å². The molecule has 0 radical (unpaired) electrons. The van der Waals surface area contributed by atoms with Crippen LogP contribution in [-0.4, -0.2) is 19.5 Å². The van der Waals surface area contributed by atoms with E-state index in [1.807, 2.05) is 42.1 Å². The minimum absolute atomic E-state index is 0.00410. The molecule has 0 bridgehead atoms. The van der Waals surface area contributed by atoms with Crippen LogP contribution in [0.25, 0.3) is 33.7 Å². The van der Waals surface area contributed by atoms with Crippen LogP contribution in [0.1, 0.15) is 17.6 Å². The standard InChI is InChI=1S/C24H19F2N5S/c1-14-11-21-19(28-23(31(21)2)17-5-3-16(4-6-17)22(25)26)12-18(14)29-24-30-20(13-32-24)15-7-9-27-10-8-15/h3-13,22H,1-2H3,(H,29,30). The largest absolute Gasteiger partial charge is 0.331 e. The molecule has 0 aliphatic heterocycles. The number of aryl methyl sites for hydroxylation is 2. The molecule has 0 unspecified atom stereocenters. The maximum absolute atomic E-state index is 12.9. The highest BCUT2D eigenvalue weighted by atomic mass is 32.1. The quantitative estimate of drug-likeness (QED) is 0.324. The van der Waals surface area contributed by atoms with Gasteiger partial charge in [-0.3, -0.25) is 4.98 Å². The van der Waals surface area contributed by atoms with Crippen molar-refractivity contribution in [2.45, 2.75) is 13.3 Å². The smallest absolute Gasteiger partial charge is 0.263 e. The first-order valence-electron chi connectivity index (χ1n) is 9.98. The van der Waals surface area contributed by atoms with Gasteiger partial charge in [-0.2, -0.15) is 0 Å². The SMILES string of the molecule is Cc1cc2c(cc1Nc1nc(-c3ccncc3)cs1)nc(-c1ccc(C(F)F)cc1)n2C. The zero-order valence-corrected chi connectivity index (χ0v) is 18.2. The Morgan fingerprint density at radius 2 is 1.72 bits per heavy atom. The van der Waals surface area contributed by atoms with Gasteiger partial charge in [-0.25, -0.2) is 18.7 Å². The number of anilines is 2. The molecule has 0 aliphatic rings. The third kappa shape index (κ3) is 3.73. The van der Waals surface area contributed by atoms with Crippen molar-refractivity contribution in [1.29, 1.82) is 0 Å². The normalized spacial score (nSPS) is 11.4.